The molecule has 2 heterocycles. The summed E-state index contributed by atoms with van der Waals surface area (Å²) in [7, 11) is 0. The molecule has 0 unspecified atom stereocenters. The maximum atomic E-state index is 12.1. The first kappa shape index (κ1) is 16.6. The average Bonchev–Trinajstić information content (AvgIpc) is 3.24. The number of nitrogens with zero attached hydrogens (tertiary/aromatic N) is 2. The molecule has 0 aliphatic heterocycles. The van der Waals surface area contributed by atoms with Gasteiger partial charge in [-0.05, 0) is 23.1 Å². The second-order valence-corrected chi connectivity index (χ2v) is 7.02. The number of hydrogen-bond donors (Lipinski definition) is 2. The number of amides is 1. The van der Waals surface area contributed by atoms with Gasteiger partial charge in [0.15, 0.2) is 0 Å². The molecule has 0 aliphatic rings. The fourth-order valence-electron chi connectivity index (χ4n) is 1.97. The second-order valence-electron chi connectivity index (χ2n) is 4.70. The van der Waals surface area contributed by atoms with Crippen molar-refractivity contribution in [1.82, 2.24) is 10.2 Å². The SMILES string of the molecule is N#Cc1c(SCc2ccccc2Cl)n[nH]c1NC(=O)c1cccs1. The van der Waals surface area contributed by atoms with Crippen LogP contribution >= 0.6 is 34.7 Å². The number of thiophene rings is 1. The molecule has 120 valence electrons. The summed E-state index contributed by atoms with van der Waals surface area (Å²) in [5, 5.41) is 21.9. The Bertz CT molecular complexity index is 899. The molecule has 0 radical (unpaired) electrons. The number of nitriles is 1. The van der Waals surface area contributed by atoms with Crippen LogP contribution < -0.4 is 5.32 Å². The van der Waals surface area contributed by atoms with Crippen molar-refractivity contribution >= 4 is 46.4 Å². The number of carbonyl (C=O) groups excluding carboxylic acids is 1. The van der Waals surface area contributed by atoms with Gasteiger partial charge in [-0.25, -0.2) is 0 Å². The van der Waals surface area contributed by atoms with E-state index in [1.807, 2.05) is 29.6 Å². The summed E-state index contributed by atoms with van der Waals surface area (Å²) in [6.07, 6.45) is 0. The summed E-state index contributed by atoms with van der Waals surface area (Å²) in [6, 6.07) is 13.1. The van der Waals surface area contributed by atoms with Gasteiger partial charge in [0, 0.05) is 10.8 Å². The highest BCUT2D eigenvalue weighted by molar-refractivity contribution is 7.98. The van der Waals surface area contributed by atoms with Gasteiger partial charge in [-0.3, -0.25) is 9.89 Å². The molecule has 1 amide bonds. The van der Waals surface area contributed by atoms with Crippen LogP contribution in [0.4, 0.5) is 5.82 Å². The number of thioether (sulfide) groups is 1. The zero-order valence-corrected chi connectivity index (χ0v) is 14.6. The van der Waals surface area contributed by atoms with Gasteiger partial charge in [0.2, 0.25) is 0 Å². The molecule has 0 bridgehead atoms. The largest absolute Gasteiger partial charge is 0.305 e. The number of hydrogen-bond acceptors (Lipinski definition) is 5. The molecule has 3 aromatic rings. The van der Waals surface area contributed by atoms with E-state index in [-0.39, 0.29) is 5.91 Å². The van der Waals surface area contributed by atoms with Crippen molar-refractivity contribution in [3.05, 3.63) is 62.8 Å². The van der Waals surface area contributed by atoms with Crippen molar-refractivity contribution in [2.75, 3.05) is 5.32 Å². The van der Waals surface area contributed by atoms with Crippen LogP contribution in [0.15, 0.2) is 46.8 Å². The molecule has 2 N–H and O–H groups in total. The minimum absolute atomic E-state index is 0.271. The molecular weight excluding hydrogens is 364 g/mol. The first-order valence-electron chi connectivity index (χ1n) is 6.88. The predicted octanol–water partition coefficient (Wildman–Crippen LogP) is 4.54. The minimum Gasteiger partial charge on any atom is -0.305 e. The predicted molar refractivity (Wildman–Crippen MR) is 96.6 cm³/mol. The van der Waals surface area contributed by atoms with Crippen molar-refractivity contribution in [3.63, 3.8) is 0 Å². The molecule has 0 saturated heterocycles. The van der Waals surface area contributed by atoms with Gasteiger partial charge < -0.3 is 5.32 Å². The minimum atomic E-state index is -0.271. The van der Waals surface area contributed by atoms with Crippen LogP contribution in [0, 0.1) is 11.3 Å². The van der Waals surface area contributed by atoms with Crippen LogP contribution in [0.25, 0.3) is 0 Å². The molecule has 0 fully saturated rings. The average molecular weight is 375 g/mol. The van der Waals surface area contributed by atoms with E-state index in [1.165, 1.54) is 23.1 Å². The number of nitrogens with one attached hydrogen (secondary N) is 2. The summed E-state index contributed by atoms with van der Waals surface area (Å²) in [6.45, 7) is 0. The van der Waals surface area contributed by atoms with Crippen molar-refractivity contribution in [2.24, 2.45) is 0 Å². The van der Waals surface area contributed by atoms with Crippen LogP contribution in [0.3, 0.4) is 0 Å². The molecule has 0 atom stereocenters. The topological polar surface area (TPSA) is 81.6 Å². The van der Waals surface area contributed by atoms with E-state index in [1.54, 1.807) is 12.1 Å². The van der Waals surface area contributed by atoms with Gasteiger partial charge in [0.05, 0.1) is 4.88 Å². The number of halogens is 1. The monoisotopic (exact) mass is 374 g/mol. The number of H-pyrrole nitrogens is 1. The number of anilines is 1. The van der Waals surface area contributed by atoms with Crippen molar-refractivity contribution in [1.29, 1.82) is 5.26 Å². The van der Waals surface area contributed by atoms with E-state index in [0.717, 1.165) is 5.56 Å². The van der Waals surface area contributed by atoms with Crippen molar-refractivity contribution in [2.45, 2.75) is 10.8 Å². The first-order valence-corrected chi connectivity index (χ1v) is 9.13. The van der Waals surface area contributed by atoms with Gasteiger partial charge in [0.25, 0.3) is 5.91 Å². The van der Waals surface area contributed by atoms with E-state index >= 15 is 0 Å². The lowest BCUT2D eigenvalue weighted by Gasteiger charge is -2.03. The molecule has 3 rings (SSSR count). The highest BCUT2D eigenvalue weighted by atomic mass is 35.5. The zero-order valence-electron chi connectivity index (χ0n) is 12.2. The number of aromatic amines is 1. The van der Waals surface area contributed by atoms with Crippen molar-refractivity contribution in [3.8, 4) is 6.07 Å². The highest BCUT2D eigenvalue weighted by Crippen LogP contribution is 2.30. The Kier molecular flexibility index (Phi) is 5.20. The van der Waals surface area contributed by atoms with Crippen LogP contribution in [-0.2, 0) is 5.75 Å². The van der Waals surface area contributed by atoms with Crippen LogP contribution in [0.5, 0.6) is 0 Å². The Morgan fingerprint density at radius 2 is 2.21 bits per heavy atom. The fraction of sp³-hybridized carbons (Fsp3) is 0.0625. The first-order chi connectivity index (χ1) is 11.7. The van der Waals surface area contributed by atoms with Gasteiger partial charge in [-0.2, -0.15) is 10.4 Å². The van der Waals surface area contributed by atoms with E-state index in [0.29, 0.717) is 32.1 Å². The summed E-state index contributed by atoms with van der Waals surface area (Å²) >= 11 is 8.85. The Labute approximate surface area is 151 Å². The van der Waals surface area contributed by atoms with Crippen LogP contribution in [0.1, 0.15) is 20.8 Å². The standard InChI is InChI=1S/C16H11ClN4OS2/c17-12-5-2-1-4-10(12)9-24-16-11(8-18)14(20-21-16)19-15(22)13-6-3-7-23-13/h1-7H,9H2,(H2,19,20,21,22). The molecule has 0 spiro atoms. The van der Waals surface area contributed by atoms with Gasteiger partial charge in [-0.15, -0.1) is 11.3 Å². The Morgan fingerprint density at radius 3 is 2.92 bits per heavy atom. The molecular formula is C16H11ClN4OS2. The normalized spacial score (nSPS) is 10.3. The van der Waals surface area contributed by atoms with Gasteiger partial charge >= 0.3 is 0 Å². The molecule has 2 aromatic heterocycles. The van der Waals surface area contributed by atoms with Crippen LogP contribution in [0.2, 0.25) is 5.02 Å². The molecule has 0 aliphatic carbocycles. The third-order valence-corrected chi connectivity index (χ3v) is 5.41. The van der Waals surface area contributed by atoms with E-state index in [2.05, 4.69) is 21.6 Å². The smallest absolute Gasteiger partial charge is 0.266 e. The van der Waals surface area contributed by atoms with E-state index in [9.17, 15) is 10.1 Å². The Balaban J connectivity index is 1.74. The summed E-state index contributed by atoms with van der Waals surface area (Å²) in [5.74, 6) is 0.614. The van der Waals surface area contributed by atoms with Gasteiger partial charge in [-0.1, -0.05) is 47.6 Å². The van der Waals surface area contributed by atoms with Crippen LogP contribution in [-0.4, -0.2) is 16.1 Å². The summed E-state index contributed by atoms with van der Waals surface area (Å²) < 4.78 is 0. The maximum Gasteiger partial charge on any atom is 0.266 e. The number of rotatable bonds is 5. The third kappa shape index (κ3) is 3.62. The third-order valence-electron chi connectivity index (χ3n) is 3.15. The van der Waals surface area contributed by atoms with E-state index in [4.69, 9.17) is 11.6 Å². The van der Waals surface area contributed by atoms with Gasteiger partial charge in [0.1, 0.15) is 22.5 Å². The maximum absolute atomic E-state index is 12.1. The number of benzene rings is 1. The molecule has 8 heteroatoms. The molecule has 0 saturated carbocycles. The molecule has 5 nitrogen and oxygen atoms in total. The lowest BCUT2D eigenvalue weighted by atomic mass is 10.2. The lowest BCUT2D eigenvalue weighted by molar-refractivity contribution is 0.103. The Hall–Kier alpha value is -2.27. The summed E-state index contributed by atoms with van der Waals surface area (Å²) in [4.78, 5) is 12.7. The number of carbonyl (C=O) groups is 1. The quantitative estimate of drug-likeness (QED) is 0.642. The summed E-state index contributed by atoms with van der Waals surface area (Å²) in [5.41, 5.74) is 1.28. The molecule has 1 aromatic carbocycles. The highest BCUT2D eigenvalue weighted by Gasteiger charge is 2.17. The second kappa shape index (κ2) is 7.53. The van der Waals surface area contributed by atoms with Crippen molar-refractivity contribution < 1.29 is 4.79 Å². The Morgan fingerprint density at radius 1 is 1.38 bits per heavy atom. The molecule has 24 heavy (non-hydrogen) atoms. The zero-order chi connectivity index (χ0) is 16.9. The fourth-order valence-corrected chi connectivity index (χ4v) is 3.82. The van der Waals surface area contributed by atoms with E-state index < -0.39 is 0 Å². The lowest BCUT2D eigenvalue weighted by Crippen LogP contribution is -2.11. The number of aromatic nitrogens is 2.